The van der Waals surface area contributed by atoms with Crippen LogP contribution in [0.15, 0.2) is 0 Å². The van der Waals surface area contributed by atoms with Gasteiger partial charge in [-0.15, -0.1) is 0 Å². The molecule has 0 aromatic rings. The predicted molar refractivity (Wildman–Crippen MR) is 27.8 cm³/mol. The van der Waals surface area contributed by atoms with Gasteiger partial charge in [-0.05, 0) is 18.8 Å². The number of hydrogen-bond donors (Lipinski definition) is 2. The van der Waals surface area contributed by atoms with E-state index < -0.39 is 0 Å². The molecule has 0 bridgehead atoms. The second kappa shape index (κ2) is 1.80. The van der Waals surface area contributed by atoms with Gasteiger partial charge in [0.25, 0.3) is 0 Å². The van der Waals surface area contributed by atoms with Crippen LogP contribution in [0.3, 0.4) is 0 Å². The van der Waals surface area contributed by atoms with Crippen molar-refractivity contribution in [2.75, 3.05) is 6.61 Å². The molecule has 0 radical (unpaired) electrons. The molecule has 0 heterocycles. The molecule has 2 atom stereocenters. The standard InChI is InChI=1S/C5H11NO/c6-5-3-4(5)1-2-7/h4-5,7H,1-3,6H2/t4-,5?/m0/s1. The van der Waals surface area contributed by atoms with Crippen LogP contribution >= 0.6 is 0 Å². The summed E-state index contributed by atoms with van der Waals surface area (Å²) in [7, 11) is 0. The first kappa shape index (κ1) is 5.06. The molecule has 1 fully saturated rings. The van der Waals surface area contributed by atoms with E-state index in [1.807, 2.05) is 0 Å². The molecule has 1 saturated carbocycles. The number of nitrogens with two attached hydrogens (primary N) is 1. The summed E-state index contributed by atoms with van der Waals surface area (Å²) in [5.74, 6) is 0.644. The maximum Gasteiger partial charge on any atom is 0.0434 e. The fraction of sp³-hybridized carbons (Fsp3) is 1.00. The molecule has 42 valence electrons. The maximum absolute atomic E-state index is 8.34. The molecule has 0 aromatic heterocycles. The summed E-state index contributed by atoms with van der Waals surface area (Å²) in [6.45, 7) is 0.304. The van der Waals surface area contributed by atoms with Crippen LogP contribution in [0.25, 0.3) is 0 Å². The van der Waals surface area contributed by atoms with Gasteiger partial charge in [-0.1, -0.05) is 0 Å². The molecule has 0 aliphatic heterocycles. The second-order valence-corrected chi connectivity index (χ2v) is 2.17. The van der Waals surface area contributed by atoms with E-state index in [9.17, 15) is 0 Å². The molecule has 1 aliphatic carbocycles. The smallest absolute Gasteiger partial charge is 0.0434 e. The van der Waals surface area contributed by atoms with Gasteiger partial charge in [-0.2, -0.15) is 0 Å². The Bertz CT molecular complexity index is 65.1. The van der Waals surface area contributed by atoms with Crippen molar-refractivity contribution in [3.63, 3.8) is 0 Å². The molecular formula is C5H11NO. The van der Waals surface area contributed by atoms with E-state index in [4.69, 9.17) is 10.8 Å². The van der Waals surface area contributed by atoms with Crippen molar-refractivity contribution >= 4 is 0 Å². The van der Waals surface area contributed by atoms with Crippen molar-refractivity contribution in [3.05, 3.63) is 0 Å². The van der Waals surface area contributed by atoms with Crippen LogP contribution in [0.2, 0.25) is 0 Å². The number of aliphatic hydroxyl groups is 1. The van der Waals surface area contributed by atoms with Gasteiger partial charge in [0.2, 0.25) is 0 Å². The topological polar surface area (TPSA) is 46.2 Å². The first-order valence-electron chi connectivity index (χ1n) is 2.71. The summed E-state index contributed by atoms with van der Waals surface area (Å²) in [6.07, 6.45) is 2.03. The van der Waals surface area contributed by atoms with Crippen LogP contribution in [-0.2, 0) is 0 Å². The Morgan fingerprint density at radius 3 is 2.43 bits per heavy atom. The number of aliphatic hydroxyl groups excluding tert-OH is 1. The summed E-state index contributed by atoms with van der Waals surface area (Å²) in [5.41, 5.74) is 5.44. The van der Waals surface area contributed by atoms with E-state index in [2.05, 4.69) is 0 Å². The van der Waals surface area contributed by atoms with Crippen LogP contribution < -0.4 is 5.73 Å². The zero-order valence-electron chi connectivity index (χ0n) is 4.30. The molecular weight excluding hydrogens is 90.1 g/mol. The van der Waals surface area contributed by atoms with Crippen LogP contribution in [0, 0.1) is 5.92 Å². The first-order chi connectivity index (χ1) is 3.34. The minimum atomic E-state index is 0.304. The summed E-state index contributed by atoms with van der Waals surface area (Å²) >= 11 is 0. The SMILES string of the molecule is NC1C[C@@H]1CCO. The van der Waals surface area contributed by atoms with Crippen LogP contribution in [0.4, 0.5) is 0 Å². The summed E-state index contributed by atoms with van der Waals surface area (Å²) in [6, 6.07) is 0.409. The third kappa shape index (κ3) is 1.14. The first-order valence-corrected chi connectivity index (χ1v) is 2.71. The normalized spacial score (nSPS) is 38.6. The Morgan fingerprint density at radius 1 is 1.71 bits per heavy atom. The monoisotopic (exact) mass is 101 g/mol. The van der Waals surface area contributed by atoms with Gasteiger partial charge in [-0.25, -0.2) is 0 Å². The zero-order chi connectivity index (χ0) is 5.28. The number of rotatable bonds is 2. The van der Waals surface area contributed by atoms with Gasteiger partial charge in [0, 0.05) is 12.6 Å². The molecule has 0 amide bonds. The molecule has 7 heavy (non-hydrogen) atoms. The third-order valence-electron chi connectivity index (χ3n) is 1.48. The van der Waals surface area contributed by atoms with Gasteiger partial charge in [-0.3, -0.25) is 0 Å². The lowest BCUT2D eigenvalue weighted by Crippen LogP contribution is -2.02. The highest BCUT2D eigenvalue weighted by Crippen LogP contribution is 2.30. The van der Waals surface area contributed by atoms with Gasteiger partial charge < -0.3 is 10.8 Å². The highest BCUT2D eigenvalue weighted by atomic mass is 16.3. The largest absolute Gasteiger partial charge is 0.396 e. The van der Waals surface area contributed by atoms with E-state index in [1.54, 1.807) is 0 Å². The minimum absolute atomic E-state index is 0.304. The molecule has 3 N–H and O–H groups in total. The fourth-order valence-corrected chi connectivity index (χ4v) is 0.769. The van der Waals surface area contributed by atoms with E-state index in [-0.39, 0.29) is 0 Å². The Labute approximate surface area is 43.3 Å². The Kier molecular flexibility index (Phi) is 1.30. The third-order valence-corrected chi connectivity index (χ3v) is 1.48. The van der Waals surface area contributed by atoms with Crippen LogP contribution in [-0.4, -0.2) is 17.8 Å². The van der Waals surface area contributed by atoms with E-state index in [1.165, 1.54) is 0 Å². The summed E-state index contributed by atoms with van der Waals surface area (Å²) < 4.78 is 0. The fourth-order valence-electron chi connectivity index (χ4n) is 0.769. The number of hydrogen-bond acceptors (Lipinski definition) is 2. The lowest BCUT2D eigenvalue weighted by molar-refractivity contribution is 0.279. The summed E-state index contributed by atoms with van der Waals surface area (Å²) in [4.78, 5) is 0. The van der Waals surface area contributed by atoms with Gasteiger partial charge in [0.1, 0.15) is 0 Å². The molecule has 1 unspecified atom stereocenters. The average Bonchev–Trinajstić information content (AvgIpc) is 2.22. The molecule has 2 heteroatoms. The quantitative estimate of drug-likeness (QED) is 0.502. The highest BCUT2D eigenvalue weighted by Gasteiger charge is 2.31. The van der Waals surface area contributed by atoms with Crippen molar-refractivity contribution < 1.29 is 5.11 Å². The molecule has 0 saturated heterocycles. The van der Waals surface area contributed by atoms with Gasteiger partial charge in [0.05, 0.1) is 0 Å². The molecule has 0 aromatic carbocycles. The van der Waals surface area contributed by atoms with Crippen molar-refractivity contribution in [1.82, 2.24) is 0 Å². The maximum atomic E-state index is 8.34. The van der Waals surface area contributed by atoms with E-state index in [0.29, 0.717) is 18.6 Å². The Morgan fingerprint density at radius 2 is 2.29 bits per heavy atom. The van der Waals surface area contributed by atoms with Crippen LogP contribution in [0.5, 0.6) is 0 Å². The average molecular weight is 101 g/mol. The molecule has 1 aliphatic rings. The Hall–Kier alpha value is -0.0800. The van der Waals surface area contributed by atoms with E-state index >= 15 is 0 Å². The predicted octanol–water partition coefficient (Wildman–Crippen LogP) is -0.284. The van der Waals surface area contributed by atoms with Gasteiger partial charge in [0.15, 0.2) is 0 Å². The van der Waals surface area contributed by atoms with Crippen LogP contribution in [0.1, 0.15) is 12.8 Å². The van der Waals surface area contributed by atoms with Crippen molar-refractivity contribution in [3.8, 4) is 0 Å². The molecule has 0 spiro atoms. The van der Waals surface area contributed by atoms with Crippen molar-refractivity contribution in [1.29, 1.82) is 0 Å². The van der Waals surface area contributed by atoms with Crippen molar-refractivity contribution in [2.45, 2.75) is 18.9 Å². The van der Waals surface area contributed by atoms with E-state index in [0.717, 1.165) is 12.8 Å². The van der Waals surface area contributed by atoms with Gasteiger partial charge >= 0.3 is 0 Å². The summed E-state index contributed by atoms with van der Waals surface area (Å²) in [5, 5.41) is 8.34. The Balaban J connectivity index is 1.98. The van der Waals surface area contributed by atoms with Crippen molar-refractivity contribution in [2.24, 2.45) is 11.7 Å². The lowest BCUT2D eigenvalue weighted by Gasteiger charge is -1.86. The second-order valence-electron chi connectivity index (χ2n) is 2.17. The molecule has 2 nitrogen and oxygen atoms in total. The zero-order valence-corrected chi connectivity index (χ0v) is 4.30. The molecule has 1 rings (SSSR count). The minimum Gasteiger partial charge on any atom is -0.396 e. The lowest BCUT2D eigenvalue weighted by atomic mass is 10.3. The highest BCUT2D eigenvalue weighted by molar-refractivity contribution is 4.89.